The molecule has 2 amide bonds. The lowest BCUT2D eigenvalue weighted by atomic mass is 9.99. The molecular formula is C29H36F2N4O4. The molecule has 0 bridgehead atoms. The lowest BCUT2D eigenvalue weighted by Gasteiger charge is -2.25. The first-order chi connectivity index (χ1) is 18.7. The lowest BCUT2D eigenvalue weighted by molar-refractivity contribution is 0.0755. The number of aryl methyl sites for hydroxylation is 1. The van der Waals surface area contributed by atoms with Crippen LogP contribution >= 0.6 is 0 Å². The Balaban J connectivity index is 1.80. The maximum absolute atomic E-state index is 13.9. The minimum absolute atomic E-state index is 0.0239. The topological polar surface area (TPSA) is 108 Å². The van der Waals surface area contributed by atoms with Gasteiger partial charge in [-0.3, -0.25) is 9.59 Å². The predicted molar refractivity (Wildman–Crippen MR) is 143 cm³/mol. The molecule has 0 spiro atoms. The van der Waals surface area contributed by atoms with Crippen LogP contribution in [-0.4, -0.2) is 58.8 Å². The Hall–Kier alpha value is -3.63. The van der Waals surface area contributed by atoms with E-state index in [1.807, 2.05) is 13.8 Å². The standard InChI is InChI=1S/C29H36F2N4O4/c1-4-8-35(9-5-2)29(38)22-11-19(3)10-21(15-22)28(37)34-26(14-20-12-23(30)16-24(31)13-20)27(36)18-32-17-25-6-7-33-39-25/h6-7,10-13,15-16,26-27,32,36H,4-5,8-9,14,17-18H2,1-3H3,(H,34,37)/t26-,27+/m0/s1. The third kappa shape index (κ3) is 8.97. The van der Waals surface area contributed by atoms with Gasteiger partial charge >= 0.3 is 0 Å². The van der Waals surface area contributed by atoms with Crippen LogP contribution in [0.2, 0.25) is 0 Å². The quantitative estimate of drug-likeness (QED) is 0.284. The summed E-state index contributed by atoms with van der Waals surface area (Å²) in [6.45, 7) is 7.38. The molecule has 0 saturated heterocycles. The highest BCUT2D eigenvalue weighted by molar-refractivity contribution is 6.00. The molecule has 2 atom stereocenters. The number of aromatic nitrogens is 1. The first kappa shape index (κ1) is 29.9. The Bertz CT molecular complexity index is 1210. The molecule has 0 unspecified atom stereocenters. The number of aliphatic hydroxyl groups is 1. The molecule has 0 saturated carbocycles. The zero-order valence-electron chi connectivity index (χ0n) is 22.5. The van der Waals surface area contributed by atoms with E-state index >= 15 is 0 Å². The highest BCUT2D eigenvalue weighted by Gasteiger charge is 2.24. The van der Waals surface area contributed by atoms with E-state index in [9.17, 15) is 23.5 Å². The van der Waals surface area contributed by atoms with Crippen molar-refractivity contribution < 1.29 is 28.0 Å². The number of amides is 2. The summed E-state index contributed by atoms with van der Waals surface area (Å²) in [6.07, 6.45) is 1.99. The number of hydrogen-bond acceptors (Lipinski definition) is 6. The summed E-state index contributed by atoms with van der Waals surface area (Å²) in [5.41, 5.74) is 1.67. The van der Waals surface area contributed by atoms with E-state index in [1.165, 1.54) is 12.3 Å². The van der Waals surface area contributed by atoms with Crippen molar-refractivity contribution in [2.24, 2.45) is 0 Å². The maximum Gasteiger partial charge on any atom is 0.253 e. The first-order valence-corrected chi connectivity index (χ1v) is 13.1. The van der Waals surface area contributed by atoms with Crippen LogP contribution in [0, 0.1) is 18.6 Å². The average molecular weight is 543 g/mol. The minimum atomic E-state index is -1.11. The van der Waals surface area contributed by atoms with Crippen LogP contribution in [0.1, 0.15) is 64.3 Å². The summed E-state index contributed by atoms with van der Waals surface area (Å²) in [7, 11) is 0. The Morgan fingerprint density at radius 2 is 1.69 bits per heavy atom. The molecule has 39 heavy (non-hydrogen) atoms. The molecule has 2 aromatic carbocycles. The van der Waals surface area contributed by atoms with Gasteiger partial charge in [0.05, 0.1) is 24.9 Å². The minimum Gasteiger partial charge on any atom is -0.390 e. The summed E-state index contributed by atoms with van der Waals surface area (Å²) in [6, 6.07) is 8.81. The van der Waals surface area contributed by atoms with Crippen molar-refractivity contribution in [2.45, 2.75) is 58.7 Å². The van der Waals surface area contributed by atoms with Gasteiger partial charge in [-0.1, -0.05) is 19.0 Å². The number of benzene rings is 2. The van der Waals surface area contributed by atoms with Crippen molar-refractivity contribution >= 4 is 11.8 Å². The Morgan fingerprint density at radius 1 is 1.03 bits per heavy atom. The van der Waals surface area contributed by atoms with Crippen LogP contribution in [0.25, 0.3) is 0 Å². The van der Waals surface area contributed by atoms with Crippen LogP contribution in [0.5, 0.6) is 0 Å². The number of aliphatic hydroxyl groups excluding tert-OH is 1. The SMILES string of the molecule is CCCN(CCC)C(=O)c1cc(C)cc(C(=O)N[C@@H](Cc2cc(F)cc(F)c2)[C@H](O)CNCc2ccno2)c1. The van der Waals surface area contributed by atoms with E-state index in [0.29, 0.717) is 31.0 Å². The van der Waals surface area contributed by atoms with Crippen molar-refractivity contribution in [1.82, 2.24) is 20.7 Å². The van der Waals surface area contributed by atoms with E-state index < -0.39 is 29.7 Å². The molecule has 3 aromatic rings. The smallest absolute Gasteiger partial charge is 0.253 e. The lowest BCUT2D eigenvalue weighted by Crippen LogP contribution is -2.48. The van der Waals surface area contributed by atoms with Crippen LogP contribution in [0.4, 0.5) is 8.78 Å². The highest BCUT2D eigenvalue weighted by Crippen LogP contribution is 2.16. The maximum atomic E-state index is 13.9. The van der Waals surface area contributed by atoms with E-state index in [4.69, 9.17) is 4.52 Å². The average Bonchev–Trinajstić information content (AvgIpc) is 3.40. The molecule has 210 valence electrons. The fourth-order valence-electron chi connectivity index (χ4n) is 4.41. The fourth-order valence-corrected chi connectivity index (χ4v) is 4.41. The second kappa shape index (κ2) is 14.5. The van der Waals surface area contributed by atoms with E-state index in [0.717, 1.165) is 36.6 Å². The van der Waals surface area contributed by atoms with Crippen LogP contribution < -0.4 is 10.6 Å². The number of nitrogens with one attached hydrogen (secondary N) is 2. The molecule has 1 heterocycles. The van der Waals surface area contributed by atoms with Gasteiger partial charge in [-0.2, -0.15) is 0 Å². The summed E-state index contributed by atoms with van der Waals surface area (Å²) < 4.78 is 32.7. The molecule has 10 heteroatoms. The second-order valence-corrected chi connectivity index (χ2v) is 9.62. The summed E-state index contributed by atoms with van der Waals surface area (Å²) >= 11 is 0. The summed E-state index contributed by atoms with van der Waals surface area (Å²) in [5, 5.41) is 20.4. The number of hydrogen-bond donors (Lipinski definition) is 3. The van der Waals surface area contributed by atoms with Gasteiger partial charge in [0.1, 0.15) is 17.4 Å². The normalized spacial score (nSPS) is 12.7. The van der Waals surface area contributed by atoms with Crippen LogP contribution in [0.15, 0.2) is 53.2 Å². The molecule has 0 aliphatic carbocycles. The molecule has 8 nitrogen and oxygen atoms in total. The van der Waals surface area contributed by atoms with Gasteiger partial charge in [0.25, 0.3) is 11.8 Å². The molecule has 0 fully saturated rings. The van der Waals surface area contributed by atoms with Crippen molar-refractivity contribution in [3.8, 4) is 0 Å². The molecule has 3 rings (SSSR count). The number of halogens is 2. The zero-order chi connectivity index (χ0) is 28.4. The number of carbonyl (C=O) groups excluding carboxylic acids is 2. The van der Waals surface area contributed by atoms with E-state index in [-0.39, 0.29) is 30.0 Å². The molecular weight excluding hydrogens is 506 g/mol. The molecule has 0 aliphatic heterocycles. The van der Waals surface area contributed by atoms with Crippen molar-refractivity contribution in [2.75, 3.05) is 19.6 Å². The Morgan fingerprint density at radius 3 is 2.31 bits per heavy atom. The third-order valence-electron chi connectivity index (χ3n) is 6.16. The van der Waals surface area contributed by atoms with Gasteiger partial charge in [-0.25, -0.2) is 8.78 Å². The molecule has 0 radical (unpaired) electrons. The van der Waals surface area contributed by atoms with Gasteiger partial charge in [-0.05, 0) is 67.6 Å². The van der Waals surface area contributed by atoms with Gasteiger partial charge < -0.3 is 25.2 Å². The monoisotopic (exact) mass is 542 g/mol. The zero-order valence-corrected chi connectivity index (χ0v) is 22.5. The third-order valence-corrected chi connectivity index (χ3v) is 6.16. The van der Waals surface area contributed by atoms with Gasteiger partial charge in [0, 0.05) is 42.9 Å². The van der Waals surface area contributed by atoms with Crippen molar-refractivity contribution in [3.05, 3.63) is 88.3 Å². The van der Waals surface area contributed by atoms with Crippen molar-refractivity contribution in [1.29, 1.82) is 0 Å². The highest BCUT2D eigenvalue weighted by atomic mass is 19.1. The van der Waals surface area contributed by atoms with Crippen LogP contribution in [0.3, 0.4) is 0 Å². The Kier molecular flexibility index (Phi) is 11.1. The largest absolute Gasteiger partial charge is 0.390 e. The summed E-state index contributed by atoms with van der Waals surface area (Å²) in [5.74, 6) is -1.61. The number of nitrogens with zero attached hydrogens (tertiary/aromatic N) is 2. The number of rotatable bonds is 14. The van der Waals surface area contributed by atoms with Gasteiger partial charge in [0.15, 0.2) is 0 Å². The summed E-state index contributed by atoms with van der Waals surface area (Å²) in [4.78, 5) is 28.3. The molecule has 3 N–H and O–H groups in total. The molecule has 1 aromatic heterocycles. The predicted octanol–water partition coefficient (Wildman–Crippen LogP) is 4.02. The van der Waals surface area contributed by atoms with Gasteiger partial charge in [-0.15, -0.1) is 0 Å². The van der Waals surface area contributed by atoms with Crippen LogP contribution in [-0.2, 0) is 13.0 Å². The van der Waals surface area contributed by atoms with E-state index in [1.54, 1.807) is 30.0 Å². The second-order valence-electron chi connectivity index (χ2n) is 9.62. The van der Waals surface area contributed by atoms with Crippen molar-refractivity contribution in [3.63, 3.8) is 0 Å². The Labute approximate surface area is 227 Å². The van der Waals surface area contributed by atoms with E-state index in [2.05, 4.69) is 15.8 Å². The first-order valence-electron chi connectivity index (χ1n) is 13.1. The van der Waals surface area contributed by atoms with Gasteiger partial charge in [0.2, 0.25) is 0 Å². The fraction of sp³-hybridized carbons (Fsp3) is 0.414. The number of carbonyl (C=O) groups is 2. The molecule has 0 aliphatic rings.